The van der Waals surface area contributed by atoms with E-state index >= 15 is 0 Å². The monoisotopic (exact) mass is 405 g/mol. The fourth-order valence-electron chi connectivity index (χ4n) is 2.33. The number of nitrogens with zero attached hydrogens (tertiary/aromatic N) is 1. The summed E-state index contributed by atoms with van der Waals surface area (Å²) in [5.74, 6) is 0.316. The molecular formula is C18H16ClN3O2S2. The van der Waals surface area contributed by atoms with Crippen LogP contribution in [-0.4, -0.2) is 23.1 Å². The SMILES string of the molecule is COc1cc2sc(NC(=S)NC(=O)c3ccc(C)c(C)c3)nc2cc1Cl. The molecule has 1 aromatic heterocycles. The number of benzene rings is 2. The summed E-state index contributed by atoms with van der Waals surface area (Å²) in [6.07, 6.45) is 0. The van der Waals surface area contributed by atoms with Gasteiger partial charge in [0.2, 0.25) is 0 Å². The lowest BCUT2D eigenvalue weighted by Crippen LogP contribution is -2.34. The first kappa shape index (κ1) is 18.6. The van der Waals surface area contributed by atoms with Crippen LogP contribution >= 0.6 is 35.2 Å². The zero-order chi connectivity index (χ0) is 18.8. The van der Waals surface area contributed by atoms with Crippen LogP contribution in [-0.2, 0) is 0 Å². The summed E-state index contributed by atoms with van der Waals surface area (Å²) in [6, 6.07) is 9.06. The van der Waals surface area contributed by atoms with Crippen LogP contribution < -0.4 is 15.4 Å². The van der Waals surface area contributed by atoms with Gasteiger partial charge in [-0.3, -0.25) is 10.1 Å². The van der Waals surface area contributed by atoms with Gasteiger partial charge in [-0.2, -0.15) is 0 Å². The lowest BCUT2D eigenvalue weighted by Gasteiger charge is -2.08. The van der Waals surface area contributed by atoms with Crippen molar-refractivity contribution >= 4 is 61.5 Å². The molecule has 134 valence electrons. The molecule has 0 aliphatic carbocycles. The van der Waals surface area contributed by atoms with E-state index in [1.165, 1.54) is 11.3 Å². The normalized spacial score (nSPS) is 10.6. The van der Waals surface area contributed by atoms with E-state index in [1.54, 1.807) is 19.2 Å². The minimum Gasteiger partial charge on any atom is -0.495 e. The zero-order valence-electron chi connectivity index (χ0n) is 14.3. The van der Waals surface area contributed by atoms with E-state index in [0.717, 1.165) is 21.3 Å². The van der Waals surface area contributed by atoms with Crippen molar-refractivity contribution in [1.29, 1.82) is 0 Å². The van der Waals surface area contributed by atoms with E-state index in [2.05, 4.69) is 15.6 Å². The van der Waals surface area contributed by atoms with Gasteiger partial charge in [-0.05, 0) is 55.4 Å². The summed E-state index contributed by atoms with van der Waals surface area (Å²) in [6.45, 7) is 3.96. The third kappa shape index (κ3) is 3.95. The fourth-order valence-corrected chi connectivity index (χ4v) is 3.70. The second-order valence-corrected chi connectivity index (χ2v) is 7.53. The number of rotatable bonds is 3. The van der Waals surface area contributed by atoms with Gasteiger partial charge in [-0.25, -0.2) is 4.98 Å². The molecule has 1 amide bonds. The highest BCUT2D eigenvalue weighted by Crippen LogP contribution is 2.34. The third-order valence-corrected chi connectivity index (χ3v) is 5.31. The second-order valence-electron chi connectivity index (χ2n) is 5.68. The smallest absolute Gasteiger partial charge is 0.257 e. The highest BCUT2D eigenvalue weighted by atomic mass is 35.5. The Balaban J connectivity index is 1.72. The van der Waals surface area contributed by atoms with Crippen LogP contribution in [0.3, 0.4) is 0 Å². The standard InChI is InChI=1S/C18H16ClN3O2S2/c1-9-4-5-11(6-10(9)2)16(23)21-17(25)22-18-20-13-7-12(19)14(24-3)8-15(13)26-18/h4-8H,1-3H3,(H2,20,21,22,23,25). The molecule has 2 aromatic carbocycles. The van der Waals surface area contributed by atoms with Crippen molar-refractivity contribution in [2.24, 2.45) is 0 Å². The molecule has 2 N–H and O–H groups in total. The van der Waals surface area contributed by atoms with Crippen molar-refractivity contribution in [3.8, 4) is 5.75 Å². The number of halogens is 1. The molecule has 0 unspecified atom stereocenters. The molecule has 0 saturated heterocycles. The van der Waals surface area contributed by atoms with E-state index in [1.807, 2.05) is 32.0 Å². The summed E-state index contributed by atoms with van der Waals surface area (Å²) in [5, 5.41) is 6.84. The van der Waals surface area contributed by atoms with Gasteiger partial charge in [0, 0.05) is 11.6 Å². The maximum atomic E-state index is 12.3. The lowest BCUT2D eigenvalue weighted by molar-refractivity contribution is 0.0977. The van der Waals surface area contributed by atoms with E-state index in [0.29, 0.717) is 21.5 Å². The van der Waals surface area contributed by atoms with Crippen LogP contribution in [0, 0.1) is 13.8 Å². The predicted molar refractivity (Wildman–Crippen MR) is 111 cm³/mol. The lowest BCUT2D eigenvalue weighted by atomic mass is 10.1. The molecule has 1 heterocycles. The quantitative estimate of drug-likeness (QED) is 0.618. The largest absolute Gasteiger partial charge is 0.495 e. The number of methoxy groups -OCH3 is 1. The van der Waals surface area contributed by atoms with E-state index in [4.69, 9.17) is 28.6 Å². The number of hydrogen-bond donors (Lipinski definition) is 2. The van der Waals surface area contributed by atoms with E-state index in [9.17, 15) is 4.79 Å². The molecule has 0 aliphatic rings. The number of carbonyl (C=O) groups excluding carboxylic acids is 1. The zero-order valence-corrected chi connectivity index (χ0v) is 16.7. The first-order valence-corrected chi connectivity index (χ1v) is 9.31. The fraction of sp³-hybridized carbons (Fsp3) is 0.167. The Morgan fingerprint density at radius 3 is 2.69 bits per heavy atom. The van der Waals surface area contributed by atoms with Crippen molar-refractivity contribution in [1.82, 2.24) is 10.3 Å². The molecule has 0 saturated carbocycles. The number of hydrogen-bond acceptors (Lipinski definition) is 5. The number of anilines is 1. The minimum absolute atomic E-state index is 0.186. The Bertz CT molecular complexity index is 1020. The Labute approximate surface area is 165 Å². The molecule has 0 aliphatic heterocycles. The van der Waals surface area contributed by atoms with Gasteiger partial charge >= 0.3 is 0 Å². The van der Waals surface area contributed by atoms with Crippen molar-refractivity contribution in [2.45, 2.75) is 13.8 Å². The number of amides is 1. The molecule has 0 spiro atoms. The topological polar surface area (TPSA) is 63.2 Å². The number of thiazole rings is 1. The van der Waals surface area contributed by atoms with Crippen LogP contribution in [0.5, 0.6) is 5.75 Å². The van der Waals surface area contributed by atoms with E-state index < -0.39 is 0 Å². The van der Waals surface area contributed by atoms with Crippen molar-refractivity contribution < 1.29 is 9.53 Å². The molecular weight excluding hydrogens is 390 g/mol. The first-order chi connectivity index (χ1) is 12.4. The van der Waals surface area contributed by atoms with Crippen LogP contribution in [0.1, 0.15) is 21.5 Å². The van der Waals surface area contributed by atoms with Gasteiger partial charge in [0.25, 0.3) is 5.91 Å². The van der Waals surface area contributed by atoms with Gasteiger partial charge in [0.15, 0.2) is 10.2 Å². The molecule has 5 nitrogen and oxygen atoms in total. The summed E-state index contributed by atoms with van der Waals surface area (Å²) < 4.78 is 6.11. The van der Waals surface area contributed by atoms with Gasteiger partial charge in [0.05, 0.1) is 22.3 Å². The number of fused-ring (bicyclic) bond motifs is 1. The van der Waals surface area contributed by atoms with Crippen LogP contribution in [0.2, 0.25) is 5.02 Å². The average Bonchev–Trinajstić information content (AvgIpc) is 2.96. The molecule has 8 heteroatoms. The van der Waals surface area contributed by atoms with Gasteiger partial charge in [0.1, 0.15) is 5.75 Å². The van der Waals surface area contributed by atoms with Crippen molar-refractivity contribution in [3.63, 3.8) is 0 Å². The molecule has 0 radical (unpaired) electrons. The number of nitrogens with one attached hydrogen (secondary N) is 2. The number of thiocarbonyl (C=S) groups is 1. The average molecular weight is 406 g/mol. The predicted octanol–water partition coefficient (Wildman–Crippen LogP) is 4.70. The Morgan fingerprint density at radius 1 is 1.23 bits per heavy atom. The number of carbonyl (C=O) groups is 1. The van der Waals surface area contributed by atoms with Gasteiger partial charge in [-0.15, -0.1) is 0 Å². The summed E-state index contributed by atoms with van der Waals surface area (Å²) in [5.41, 5.74) is 3.46. The Kier molecular flexibility index (Phi) is 5.41. The Hall–Kier alpha value is -2.22. The highest BCUT2D eigenvalue weighted by Gasteiger charge is 2.12. The van der Waals surface area contributed by atoms with E-state index in [-0.39, 0.29) is 11.0 Å². The number of aryl methyl sites for hydroxylation is 2. The molecule has 26 heavy (non-hydrogen) atoms. The second kappa shape index (κ2) is 7.57. The molecule has 3 rings (SSSR count). The van der Waals surface area contributed by atoms with Crippen LogP contribution in [0.15, 0.2) is 30.3 Å². The van der Waals surface area contributed by atoms with Gasteiger partial charge < -0.3 is 10.1 Å². The molecule has 0 fully saturated rings. The number of aromatic nitrogens is 1. The maximum absolute atomic E-state index is 12.3. The molecule has 3 aromatic rings. The molecule has 0 bridgehead atoms. The Morgan fingerprint density at radius 2 is 2.00 bits per heavy atom. The number of ether oxygens (including phenoxy) is 1. The van der Waals surface area contributed by atoms with Gasteiger partial charge in [-0.1, -0.05) is 29.0 Å². The van der Waals surface area contributed by atoms with Crippen LogP contribution in [0.25, 0.3) is 10.2 Å². The summed E-state index contributed by atoms with van der Waals surface area (Å²) in [7, 11) is 1.56. The first-order valence-electron chi connectivity index (χ1n) is 7.71. The van der Waals surface area contributed by atoms with Crippen molar-refractivity contribution in [3.05, 3.63) is 52.0 Å². The molecule has 0 atom stereocenters. The van der Waals surface area contributed by atoms with Crippen LogP contribution in [0.4, 0.5) is 5.13 Å². The highest BCUT2D eigenvalue weighted by molar-refractivity contribution is 7.80. The summed E-state index contributed by atoms with van der Waals surface area (Å²) >= 11 is 12.7. The van der Waals surface area contributed by atoms with Crippen molar-refractivity contribution in [2.75, 3.05) is 12.4 Å². The summed E-state index contributed by atoms with van der Waals surface area (Å²) in [4.78, 5) is 16.7. The maximum Gasteiger partial charge on any atom is 0.257 e. The minimum atomic E-state index is -0.267. The third-order valence-electron chi connectivity index (χ3n) is 3.88.